The third kappa shape index (κ3) is 6.48. The molecule has 0 heterocycles. The number of carbonyl (C=O) groups excluding carboxylic acids is 1. The number of hydrogen-bond acceptors (Lipinski definition) is 5. The van der Waals surface area contributed by atoms with E-state index in [9.17, 15) is 21.6 Å². The lowest BCUT2D eigenvalue weighted by Gasteiger charge is -2.03. The molecule has 0 spiro atoms. The summed E-state index contributed by atoms with van der Waals surface area (Å²) in [5.74, 6) is 0.574. The molecule has 0 aliphatic carbocycles. The fourth-order valence-electron chi connectivity index (χ4n) is 2.09. The van der Waals surface area contributed by atoms with Crippen LogP contribution in [0.15, 0.2) is 58.3 Å². The number of carbonyl (C=O) groups is 1. The number of nitrogens with zero attached hydrogens (tertiary/aromatic N) is 2. The van der Waals surface area contributed by atoms with Gasteiger partial charge in [0.2, 0.25) is 0 Å². The quantitative estimate of drug-likeness (QED) is 0.271. The highest BCUT2D eigenvalue weighted by atomic mass is 35.5. The van der Waals surface area contributed by atoms with Crippen LogP contribution in [0.1, 0.15) is 27.2 Å². The van der Waals surface area contributed by atoms with Crippen LogP contribution in [0.2, 0.25) is 10.0 Å². The lowest BCUT2D eigenvalue weighted by Crippen LogP contribution is -2.26. The van der Waals surface area contributed by atoms with Crippen molar-refractivity contribution in [1.82, 2.24) is 0 Å². The highest BCUT2D eigenvalue weighted by molar-refractivity contribution is 8.31. The maximum atomic E-state index is 12.4. The van der Waals surface area contributed by atoms with E-state index in [0.717, 1.165) is 24.3 Å². The van der Waals surface area contributed by atoms with Gasteiger partial charge in [-0.1, -0.05) is 44.0 Å². The molecule has 0 fully saturated rings. The molecule has 0 atom stereocenters. The van der Waals surface area contributed by atoms with Gasteiger partial charge in [0.15, 0.2) is 0 Å². The fraction of sp³-hybridized carbons (Fsp3) is 0.263. The molecule has 11 heteroatoms. The maximum Gasteiger partial charge on any atom is 0.504 e. The summed E-state index contributed by atoms with van der Waals surface area (Å²) >= 11 is 11.3. The van der Waals surface area contributed by atoms with E-state index in [0.29, 0.717) is 12.2 Å². The molecular weight excluding hydrogens is 471 g/mol. The Morgan fingerprint density at radius 3 is 1.40 bits per heavy atom. The lowest BCUT2D eigenvalue weighted by atomic mass is 10.1. The zero-order valence-electron chi connectivity index (χ0n) is 16.4. The molecule has 0 amide bonds. The van der Waals surface area contributed by atoms with Gasteiger partial charge in [-0.15, -0.1) is 4.79 Å². The first kappa shape index (κ1) is 26.0. The molecule has 0 aliphatic rings. The van der Waals surface area contributed by atoms with Crippen LogP contribution in [-0.4, -0.2) is 31.8 Å². The monoisotopic (exact) mass is 490 g/mol. The van der Waals surface area contributed by atoms with Crippen molar-refractivity contribution < 1.29 is 26.4 Å². The molecule has 0 saturated heterocycles. The summed E-state index contributed by atoms with van der Waals surface area (Å²) in [6, 6.07) is 9.55. The van der Waals surface area contributed by atoms with Crippen LogP contribution in [0, 0.1) is 5.92 Å². The van der Waals surface area contributed by atoms with Crippen molar-refractivity contribution in [2.24, 2.45) is 5.92 Å². The molecule has 2 aromatic rings. The molecule has 30 heavy (non-hydrogen) atoms. The van der Waals surface area contributed by atoms with Gasteiger partial charge in [0.05, 0.1) is 9.79 Å². The van der Waals surface area contributed by atoms with Crippen molar-refractivity contribution in [3.8, 4) is 0 Å². The Balaban J connectivity index is 0.000000553. The number of rotatable bonds is 4. The average molecular weight is 491 g/mol. The predicted octanol–water partition coefficient (Wildman–Crippen LogP) is 4.45. The van der Waals surface area contributed by atoms with Gasteiger partial charge in [0, 0.05) is 22.4 Å². The van der Waals surface area contributed by atoms with E-state index in [4.69, 9.17) is 28.7 Å². The number of sulfone groups is 2. The maximum absolute atomic E-state index is 12.4. The van der Waals surface area contributed by atoms with Gasteiger partial charge >= 0.3 is 4.38 Å². The number of Topliss-reactive ketones (excluding diaryl/α,β-unsaturated/α-hetero) is 1. The molecule has 0 bridgehead atoms. The predicted molar refractivity (Wildman–Crippen MR) is 116 cm³/mol. The van der Waals surface area contributed by atoms with Gasteiger partial charge < -0.3 is 5.53 Å². The summed E-state index contributed by atoms with van der Waals surface area (Å²) in [6.07, 6.45) is 0.678. The van der Waals surface area contributed by atoms with Gasteiger partial charge in [-0.2, -0.15) is 0 Å². The zero-order chi connectivity index (χ0) is 23.1. The van der Waals surface area contributed by atoms with E-state index in [-0.39, 0.29) is 25.8 Å². The summed E-state index contributed by atoms with van der Waals surface area (Å²) in [7, 11) is -9.13. The van der Waals surface area contributed by atoms with Crippen molar-refractivity contribution in [3.05, 3.63) is 64.1 Å². The molecule has 2 aromatic carbocycles. The van der Waals surface area contributed by atoms with E-state index in [1.165, 1.54) is 24.3 Å². The molecule has 7 nitrogen and oxygen atoms in total. The summed E-state index contributed by atoms with van der Waals surface area (Å²) < 4.78 is 48.3. The number of ketones is 1. The second-order valence-corrected chi connectivity index (χ2v) is 11.1. The van der Waals surface area contributed by atoms with E-state index >= 15 is 0 Å². The Morgan fingerprint density at radius 1 is 0.867 bits per heavy atom. The molecule has 0 aromatic heterocycles. The van der Waals surface area contributed by atoms with Crippen LogP contribution in [-0.2, 0) is 24.5 Å². The highest BCUT2D eigenvalue weighted by Crippen LogP contribution is 2.22. The topological polar surface area (TPSA) is 122 Å². The molecule has 162 valence electrons. The van der Waals surface area contributed by atoms with Gasteiger partial charge in [-0.25, -0.2) is 16.8 Å². The minimum Gasteiger partial charge on any atom is -0.359 e. The first-order valence-electron chi connectivity index (χ1n) is 8.64. The van der Waals surface area contributed by atoms with Crippen molar-refractivity contribution in [2.75, 3.05) is 0 Å². The second kappa shape index (κ2) is 10.8. The van der Waals surface area contributed by atoms with Crippen LogP contribution in [0.3, 0.4) is 0 Å². The first-order chi connectivity index (χ1) is 13.9. The van der Waals surface area contributed by atoms with Gasteiger partial charge in [0.25, 0.3) is 19.7 Å². The van der Waals surface area contributed by atoms with Crippen molar-refractivity contribution in [1.29, 1.82) is 0 Å². The Morgan fingerprint density at radius 2 is 1.20 bits per heavy atom. The first-order valence-corrected chi connectivity index (χ1v) is 12.4. The lowest BCUT2D eigenvalue weighted by molar-refractivity contribution is -0.121. The summed E-state index contributed by atoms with van der Waals surface area (Å²) in [6.45, 7) is 5.74. The van der Waals surface area contributed by atoms with Crippen molar-refractivity contribution in [2.45, 2.75) is 37.0 Å². The number of halogens is 2. The number of hydrogen-bond donors (Lipinski definition) is 0. The standard InChI is InChI=1S/C13H8Cl2N2O4S2.C6H12O/c14-9-1-5-11(6-2-9)22(18,19)13(17-16)23(20,21)12-7-3-10(15)4-8-12;1-4-6(7)5(2)3/h1-8H;5H,4H2,1-3H3. The van der Waals surface area contributed by atoms with Gasteiger partial charge in [0.1, 0.15) is 5.78 Å². The van der Waals surface area contributed by atoms with Crippen LogP contribution < -0.4 is 0 Å². The number of benzene rings is 2. The molecular formula is C19H20Cl2N2O5S2. The largest absolute Gasteiger partial charge is 0.504 e. The van der Waals surface area contributed by atoms with E-state index in [2.05, 4.69) is 4.79 Å². The smallest absolute Gasteiger partial charge is 0.359 e. The van der Waals surface area contributed by atoms with Crippen molar-refractivity contribution in [3.63, 3.8) is 0 Å². The van der Waals surface area contributed by atoms with Crippen molar-refractivity contribution >= 4 is 53.0 Å². The third-order valence-corrected chi connectivity index (χ3v) is 8.47. The van der Waals surface area contributed by atoms with Gasteiger partial charge in [-0.3, -0.25) is 4.79 Å². The minimum absolute atomic E-state index is 0.227. The Kier molecular flexibility index (Phi) is 9.39. The molecule has 0 N–H and O–H groups in total. The molecule has 2 rings (SSSR count). The average Bonchev–Trinajstić information content (AvgIpc) is 2.68. The normalized spacial score (nSPS) is 11.3. The Labute approximate surface area is 186 Å². The Hall–Kier alpha value is -2.03. The van der Waals surface area contributed by atoms with E-state index in [1.54, 1.807) is 0 Å². The summed E-state index contributed by atoms with van der Waals surface area (Å²) in [4.78, 5) is 12.3. The third-order valence-electron chi connectivity index (χ3n) is 3.78. The summed E-state index contributed by atoms with van der Waals surface area (Å²) in [5.41, 5.74) is 9.01. The summed E-state index contributed by atoms with van der Waals surface area (Å²) in [5, 5.41) is 0.541. The molecule has 0 unspecified atom stereocenters. The second-order valence-electron chi connectivity index (χ2n) is 6.26. The van der Waals surface area contributed by atoms with Crippen LogP contribution in [0.25, 0.3) is 5.53 Å². The zero-order valence-corrected chi connectivity index (χ0v) is 19.6. The van der Waals surface area contributed by atoms with E-state index < -0.39 is 24.1 Å². The van der Waals surface area contributed by atoms with Crippen LogP contribution >= 0.6 is 23.2 Å². The minimum atomic E-state index is -4.56. The van der Waals surface area contributed by atoms with Gasteiger partial charge in [-0.05, 0) is 48.5 Å². The highest BCUT2D eigenvalue weighted by Gasteiger charge is 2.43. The van der Waals surface area contributed by atoms with Crippen LogP contribution in [0.4, 0.5) is 0 Å². The fourth-order valence-corrected chi connectivity index (χ4v) is 5.68. The molecule has 0 saturated carbocycles. The van der Waals surface area contributed by atoms with Crippen LogP contribution in [0.5, 0.6) is 0 Å². The molecule has 0 radical (unpaired) electrons. The van der Waals surface area contributed by atoms with E-state index in [1.807, 2.05) is 20.8 Å². The Bertz CT molecular complexity index is 1070. The SMILES string of the molecule is CCC(=O)C(C)C.[N-]=[N+]=C(S(=O)(=O)c1ccc(Cl)cc1)S(=O)(=O)c1ccc(Cl)cc1. The molecule has 0 aliphatic heterocycles.